The summed E-state index contributed by atoms with van der Waals surface area (Å²) in [4.78, 5) is 13.9. The molecule has 1 aromatic rings. The molecule has 1 aliphatic heterocycles. The first-order chi connectivity index (χ1) is 7.48. The second-order valence-corrected chi connectivity index (χ2v) is 4.43. The molecule has 0 saturated carbocycles. The average Bonchev–Trinajstić information content (AvgIpc) is 2.21. The summed E-state index contributed by atoms with van der Waals surface area (Å²) in [5, 5.41) is 12.5. The fraction of sp³-hybridized carbons (Fsp3) is 0.417. The van der Waals surface area contributed by atoms with Gasteiger partial charge in [0.25, 0.3) is 0 Å². The van der Waals surface area contributed by atoms with Gasteiger partial charge in [0.05, 0.1) is 5.69 Å². The maximum absolute atomic E-state index is 11.9. The highest BCUT2D eigenvalue weighted by Crippen LogP contribution is 2.41. The summed E-state index contributed by atoms with van der Waals surface area (Å²) < 4.78 is 0. The normalized spacial score (nSPS) is 17.9. The molecule has 0 atom stereocenters. The molecule has 1 aliphatic rings. The molecule has 0 spiro atoms. The Morgan fingerprint density at radius 3 is 2.75 bits per heavy atom. The van der Waals surface area contributed by atoms with E-state index in [0.29, 0.717) is 5.69 Å². The predicted molar refractivity (Wildman–Crippen MR) is 63.8 cm³/mol. The van der Waals surface area contributed by atoms with Gasteiger partial charge in [0.1, 0.15) is 17.0 Å². The summed E-state index contributed by atoms with van der Waals surface area (Å²) in [7, 11) is 0. The third-order valence-electron chi connectivity index (χ3n) is 3.10. The molecule has 1 aromatic carbocycles. The third kappa shape index (κ3) is 1.33. The molecule has 4 nitrogen and oxygen atoms in total. The molecule has 1 heterocycles. The Balaban J connectivity index is 2.61. The number of anilines is 2. The molecule has 1 amide bonds. The third-order valence-corrected chi connectivity index (χ3v) is 3.10. The monoisotopic (exact) mass is 220 g/mol. The first-order valence-electron chi connectivity index (χ1n) is 5.39. The summed E-state index contributed by atoms with van der Waals surface area (Å²) in [6.45, 7) is 6.46. The Hall–Kier alpha value is -1.71. The summed E-state index contributed by atoms with van der Waals surface area (Å²) in [5.41, 5.74) is 0.788. The van der Waals surface area contributed by atoms with Crippen LogP contribution in [-0.4, -0.2) is 23.1 Å². The lowest BCUT2D eigenvalue weighted by Crippen LogP contribution is -2.55. The van der Waals surface area contributed by atoms with E-state index in [4.69, 9.17) is 0 Å². The van der Waals surface area contributed by atoms with Crippen LogP contribution in [0.4, 0.5) is 11.4 Å². The van der Waals surface area contributed by atoms with Gasteiger partial charge in [-0.1, -0.05) is 6.07 Å². The summed E-state index contributed by atoms with van der Waals surface area (Å²) in [6, 6.07) is 5.26. The fourth-order valence-corrected chi connectivity index (χ4v) is 2.14. The number of nitrogens with zero attached hydrogens (tertiary/aromatic N) is 1. The van der Waals surface area contributed by atoms with Gasteiger partial charge in [-0.2, -0.15) is 0 Å². The predicted octanol–water partition coefficient (Wildman–Crippen LogP) is 1.95. The van der Waals surface area contributed by atoms with Crippen LogP contribution in [0.15, 0.2) is 18.2 Å². The number of hydrogen-bond donors (Lipinski definition) is 2. The molecule has 0 bridgehead atoms. The molecule has 16 heavy (non-hydrogen) atoms. The Kier molecular flexibility index (Phi) is 2.30. The van der Waals surface area contributed by atoms with E-state index in [2.05, 4.69) is 5.32 Å². The minimum absolute atomic E-state index is 0.0941. The summed E-state index contributed by atoms with van der Waals surface area (Å²) >= 11 is 0. The van der Waals surface area contributed by atoms with E-state index >= 15 is 0 Å². The first kappa shape index (κ1) is 10.8. The number of likely N-dealkylation sites (N-methyl/N-ethyl adjacent to an activating group) is 1. The molecule has 0 radical (unpaired) electrons. The second kappa shape index (κ2) is 3.40. The highest BCUT2D eigenvalue weighted by molar-refractivity contribution is 6.07. The van der Waals surface area contributed by atoms with Gasteiger partial charge >= 0.3 is 0 Å². The Morgan fingerprint density at radius 1 is 1.44 bits per heavy atom. The average molecular weight is 220 g/mol. The minimum Gasteiger partial charge on any atom is -0.506 e. The standard InChI is InChI=1S/C12H16N2O2/c1-4-14-8-6-5-7-9(15)10(8)13-11(16)12(14,2)3/h5-7,15H,4H2,1-3H3,(H,13,16). The SMILES string of the molecule is CCN1c2cccc(O)c2NC(=O)C1(C)C. The molecular formula is C12H16N2O2. The van der Waals surface area contributed by atoms with Gasteiger partial charge in [-0.05, 0) is 32.9 Å². The van der Waals surface area contributed by atoms with Crippen molar-refractivity contribution in [2.24, 2.45) is 0 Å². The Labute approximate surface area is 94.9 Å². The van der Waals surface area contributed by atoms with Gasteiger partial charge in [-0.15, -0.1) is 0 Å². The van der Waals surface area contributed by atoms with Crippen LogP contribution >= 0.6 is 0 Å². The number of para-hydroxylation sites is 1. The number of nitrogens with one attached hydrogen (secondary N) is 1. The Bertz CT molecular complexity index is 441. The highest BCUT2D eigenvalue weighted by Gasteiger charge is 2.39. The van der Waals surface area contributed by atoms with Crippen LogP contribution < -0.4 is 10.2 Å². The molecule has 0 aliphatic carbocycles. The highest BCUT2D eigenvalue weighted by atomic mass is 16.3. The number of hydrogen-bond acceptors (Lipinski definition) is 3. The number of benzene rings is 1. The number of amides is 1. The molecule has 0 fully saturated rings. The van der Waals surface area contributed by atoms with Crippen molar-refractivity contribution < 1.29 is 9.90 Å². The van der Waals surface area contributed by atoms with Crippen molar-refractivity contribution in [3.63, 3.8) is 0 Å². The first-order valence-corrected chi connectivity index (χ1v) is 5.39. The van der Waals surface area contributed by atoms with Crippen LogP contribution in [0.3, 0.4) is 0 Å². The van der Waals surface area contributed by atoms with Crippen molar-refractivity contribution in [1.82, 2.24) is 0 Å². The molecule has 86 valence electrons. The van der Waals surface area contributed by atoms with Crippen LogP contribution in [-0.2, 0) is 4.79 Å². The van der Waals surface area contributed by atoms with Gasteiger partial charge in [0, 0.05) is 6.54 Å². The van der Waals surface area contributed by atoms with E-state index in [1.54, 1.807) is 12.1 Å². The van der Waals surface area contributed by atoms with E-state index in [1.165, 1.54) is 0 Å². The summed E-state index contributed by atoms with van der Waals surface area (Å²) in [5.74, 6) is 0.0168. The maximum Gasteiger partial charge on any atom is 0.249 e. The van der Waals surface area contributed by atoms with E-state index in [9.17, 15) is 9.90 Å². The minimum atomic E-state index is -0.588. The van der Waals surface area contributed by atoms with Crippen LogP contribution in [0.1, 0.15) is 20.8 Å². The number of fused-ring (bicyclic) bond motifs is 1. The smallest absolute Gasteiger partial charge is 0.249 e. The number of rotatable bonds is 1. The fourth-order valence-electron chi connectivity index (χ4n) is 2.14. The zero-order valence-electron chi connectivity index (χ0n) is 9.74. The van der Waals surface area contributed by atoms with E-state index < -0.39 is 5.54 Å². The van der Waals surface area contributed by atoms with Crippen LogP contribution in [0.2, 0.25) is 0 Å². The maximum atomic E-state index is 11.9. The van der Waals surface area contributed by atoms with Gasteiger partial charge in [-0.3, -0.25) is 4.79 Å². The van der Waals surface area contributed by atoms with Crippen molar-refractivity contribution >= 4 is 17.3 Å². The lowest BCUT2D eigenvalue weighted by atomic mass is 9.96. The van der Waals surface area contributed by atoms with Gasteiger partial charge in [0.2, 0.25) is 5.91 Å². The molecular weight excluding hydrogens is 204 g/mol. The topological polar surface area (TPSA) is 52.6 Å². The second-order valence-electron chi connectivity index (χ2n) is 4.43. The number of carbonyl (C=O) groups is 1. The van der Waals surface area contributed by atoms with Crippen molar-refractivity contribution in [3.8, 4) is 5.75 Å². The molecule has 2 rings (SSSR count). The lowest BCUT2D eigenvalue weighted by molar-refractivity contribution is -0.120. The lowest BCUT2D eigenvalue weighted by Gasteiger charge is -2.43. The van der Waals surface area contributed by atoms with Crippen LogP contribution in [0, 0.1) is 0 Å². The Morgan fingerprint density at radius 2 is 2.12 bits per heavy atom. The number of phenols is 1. The van der Waals surface area contributed by atoms with Gasteiger partial charge in [-0.25, -0.2) is 0 Å². The van der Waals surface area contributed by atoms with Crippen molar-refractivity contribution in [2.45, 2.75) is 26.3 Å². The molecule has 4 heteroatoms. The number of phenolic OH excluding ortho intramolecular Hbond substituents is 1. The largest absolute Gasteiger partial charge is 0.506 e. The summed E-state index contributed by atoms with van der Waals surface area (Å²) in [6.07, 6.45) is 0. The number of aromatic hydroxyl groups is 1. The number of carbonyl (C=O) groups excluding carboxylic acids is 1. The molecule has 0 saturated heterocycles. The van der Waals surface area contributed by atoms with Gasteiger partial charge in [0.15, 0.2) is 0 Å². The van der Waals surface area contributed by atoms with Crippen molar-refractivity contribution in [1.29, 1.82) is 0 Å². The van der Waals surface area contributed by atoms with E-state index in [1.807, 2.05) is 31.7 Å². The van der Waals surface area contributed by atoms with Crippen LogP contribution in [0.5, 0.6) is 5.75 Å². The van der Waals surface area contributed by atoms with E-state index in [-0.39, 0.29) is 11.7 Å². The quantitative estimate of drug-likeness (QED) is 0.711. The molecule has 0 unspecified atom stereocenters. The molecule has 0 aromatic heterocycles. The zero-order valence-corrected chi connectivity index (χ0v) is 9.74. The van der Waals surface area contributed by atoms with Gasteiger partial charge < -0.3 is 15.3 Å². The zero-order chi connectivity index (χ0) is 11.9. The van der Waals surface area contributed by atoms with Crippen molar-refractivity contribution in [3.05, 3.63) is 18.2 Å². The van der Waals surface area contributed by atoms with E-state index in [0.717, 1.165) is 12.2 Å². The molecule has 2 N–H and O–H groups in total. The van der Waals surface area contributed by atoms with Crippen LogP contribution in [0.25, 0.3) is 0 Å². The van der Waals surface area contributed by atoms with Crippen molar-refractivity contribution in [2.75, 3.05) is 16.8 Å².